The third kappa shape index (κ3) is 18.8. The fourth-order valence-electron chi connectivity index (χ4n) is 7.44. The minimum atomic E-state index is -0.811. The van der Waals surface area contributed by atoms with Crippen LogP contribution < -0.4 is 0 Å². The van der Waals surface area contributed by atoms with E-state index in [2.05, 4.69) is 65.8 Å². The van der Waals surface area contributed by atoms with E-state index in [1.807, 2.05) is 144 Å². The molecule has 6 rings (SSSR count). The summed E-state index contributed by atoms with van der Waals surface area (Å²) < 4.78 is 46.5. The number of nitrogens with zero attached hydrogens (tertiary/aromatic N) is 4. The number of hydrogen-bond donors (Lipinski definition) is 1. The van der Waals surface area contributed by atoms with Crippen molar-refractivity contribution in [1.29, 1.82) is 0 Å². The predicted molar refractivity (Wildman–Crippen MR) is 295 cm³/mol. The van der Waals surface area contributed by atoms with E-state index >= 15 is 0 Å². The number of ketones is 1. The second-order valence-corrected chi connectivity index (χ2v) is 24.5. The van der Waals surface area contributed by atoms with Crippen molar-refractivity contribution >= 4 is 62.9 Å². The standard InChI is InChI=1S/C28H37IN2O6.C28H35IN2O6/c2*1-27(2,3)26(33)21-16-20(30-36-21)24-23(29)25(37-31-24)19(15-22(32)35-28(4,5)6)13-10-14-34-17-18-11-8-7-9-12-18/h7-9,11-12,16,19,26,33H,10,13-15,17H2,1-6H3;7-9,11-12,16,19H,10,13-15,17H2,1-6H3/t19-,26?;19-/m00/s1. The Morgan fingerprint density at radius 2 is 1.00 bits per heavy atom. The molecule has 1 N–H and O–H groups in total. The first-order valence-electron chi connectivity index (χ1n) is 24.8. The molecule has 0 radical (unpaired) electrons. The molecule has 0 fully saturated rings. The van der Waals surface area contributed by atoms with Gasteiger partial charge in [-0.2, -0.15) is 0 Å². The number of hydrogen-bond acceptors (Lipinski definition) is 16. The van der Waals surface area contributed by atoms with Crippen molar-refractivity contribution < 1.29 is 56.5 Å². The Balaban J connectivity index is 0.000000274. The van der Waals surface area contributed by atoms with Crippen LogP contribution in [0, 0.1) is 18.0 Å². The molecule has 0 saturated heterocycles. The molecule has 3 atom stereocenters. The van der Waals surface area contributed by atoms with Crippen LogP contribution in [0.3, 0.4) is 0 Å². The monoisotopic (exact) mass is 1250 g/mol. The first-order valence-corrected chi connectivity index (χ1v) is 27.0. The molecular weight excluding hydrogens is 1170 g/mol. The summed E-state index contributed by atoms with van der Waals surface area (Å²) in [4.78, 5) is 38.0. The highest BCUT2D eigenvalue weighted by Crippen LogP contribution is 2.39. The van der Waals surface area contributed by atoms with Crippen LogP contribution in [0.2, 0.25) is 0 Å². The zero-order chi connectivity index (χ0) is 54.4. The number of carbonyl (C=O) groups excluding carboxylic acids is 3. The summed E-state index contributed by atoms with van der Waals surface area (Å²) in [6.07, 6.45) is 2.25. The molecule has 6 aromatic rings. The van der Waals surface area contributed by atoms with E-state index in [9.17, 15) is 19.5 Å². The minimum Gasteiger partial charge on any atom is -0.460 e. The van der Waals surface area contributed by atoms with Gasteiger partial charge in [-0.25, -0.2) is 0 Å². The molecule has 0 amide bonds. The van der Waals surface area contributed by atoms with Gasteiger partial charge in [0.2, 0.25) is 11.5 Å². The van der Waals surface area contributed by atoms with Crippen LogP contribution in [0.25, 0.3) is 22.8 Å². The molecule has 4 heterocycles. The molecule has 2 aromatic carbocycles. The number of rotatable bonds is 22. The maximum Gasteiger partial charge on any atom is 0.307 e. The van der Waals surface area contributed by atoms with Crippen molar-refractivity contribution in [1.82, 2.24) is 20.6 Å². The first-order chi connectivity index (χ1) is 34.7. The summed E-state index contributed by atoms with van der Waals surface area (Å²) >= 11 is 4.31. The predicted octanol–water partition coefficient (Wildman–Crippen LogP) is 13.8. The van der Waals surface area contributed by atoms with Gasteiger partial charge in [0.25, 0.3) is 0 Å². The second kappa shape index (κ2) is 26.8. The van der Waals surface area contributed by atoms with Gasteiger partial charge in [0.15, 0.2) is 17.3 Å². The van der Waals surface area contributed by atoms with Crippen LogP contribution in [-0.2, 0) is 41.8 Å². The molecule has 0 spiro atoms. The number of benzene rings is 2. The molecule has 0 bridgehead atoms. The molecule has 0 aliphatic carbocycles. The van der Waals surface area contributed by atoms with Gasteiger partial charge in [0.05, 0.1) is 33.2 Å². The summed E-state index contributed by atoms with van der Waals surface area (Å²) in [5.41, 5.74) is 1.93. The van der Waals surface area contributed by atoms with Crippen molar-refractivity contribution in [3.8, 4) is 22.8 Å². The lowest BCUT2D eigenvalue weighted by atomic mass is 9.87. The van der Waals surface area contributed by atoms with Crippen molar-refractivity contribution in [3.63, 3.8) is 0 Å². The minimum absolute atomic E-state index is 0.146. The van der Waals surface area contributed by atoms with Gasteiger partial charge in [0, 0.05) is 42.6 Å². The third-order valence-corrected chi connectivity index (χ3v) is 13.2. The third-order valence-electron chi connectivity index (χ3n) is 11.2. The SMILES string of the molecule is CC(C)(C)OC(=O)C[C@H](CCCOCc1ccccc1)c1onc(-c2cc(C(=O)C(C)(C)C)on2)c1I.CC(C)(C)OC(=O)C[C@H](CCCOCc1ccccc1)c1onc(-c2cc(C(O)C(C)(C)C)on2)c1I. The van der Waals surface area contributed by atoms with Gasteiger partial charge in [-0.1, -0.05) is 123 Å². The Bertz CT molecular complexity index is 2700. The largest absolute Gasteiger partial charge is 0.460 e. The number of aromatic nitrogens is 4. The van der Waals surface area contributed by atoms with E-state index in [0.717, 1.165) is 31.1 Å². The number of carbonyl (C=O) groups is 3. The average Bonchev–Trinajstić information content (AvgIpc) is 4.14. The van der Waals surface area contributed by atoms with E-state index in [0.29, 0.717) is 79.3 Å². The highest BCUT2D eigenvalue weighted by molar-refractivity contribution is 14.1. The summed E-state index contributed by atoms with van der Waals surface area (Å²) in [5, 5.41) is 27.1. The zero-order valence-electron chi connectivity index (χ0n) is 44.7. The number of ether oxygens (including phenoxy) is 4. The fraction of sp³-hybridized carbons (Fsp3) is 0.518. The van der Waals surface area contributed by atoms with Crippen LogP contribution in [-0.4, -0.2) is 67.9 Å². The molecule has 16 nitrogen and oxygen atoms in total. The number of aliphatic hydroxyl groups is 1. The van der Waals surface area contributed by atoms with E-state index in [-0.39, 0.29) is 48.2 Å². The van der Waals surface area contributed by atoms with Crippen molar-refractivity contribution in [2.75, 3.05) is 13.2 Å². The maximum atomic E-state index is 12.7. The highest BCUT2D eigenvalue weighted by Gasteiger charge is 2.33. The first kappa shape index (κ1) is 60.1. The maximum absolute atomic E-state index is 12.7. The second-order valence-electron chi connectivity index (χ2n) is 22.3. The Morgan fingerprint density at radius 3 is 1.41 bits per heavy atom. The van der Waals surface area contributed by atoms with Crippen LogP contribution in [0.4, 0.5) is 0 Å². The summed E-state index contributed by atoms with van der Waals surface area (Å²) in [5.74, 6) is 0.461. The van der Waals surface area contributed by atoms with Crippen LogP contribution in [0.1, 0.15) is 179 Å². The highest BCUT2D eigenvalue weighted by atomic mass is 127. The Labute approximate surface area is 462 Å². The molecule has 18 heteroatoms. The van der Waals surface area contributed by atoms with Crippen LogP contribution in [0.5, 0.6) is 0 Å². The quantitative estimate of drug-likeness (QED) is 0.0290. The molecule has 402 valence electrons. The van der Waals surface area contributed by atoms with Gasteiger partial charge in [-0.3, -0.25) is 14.4 Å². The molecule has 0 aliphatic heterocycles. The number of halogens is 2. The van der Waals surface area contributed by atoms with Crippen molar-refractivity contribution in [3.05, 3.63) is 114 Å². The number of esters is 2. The van der Waals surface area contributed by atoms with E-state index in [1.165, 1.54) is 0 Å². The molecule has 4 aromatic heterocycles. The zero-order valence-corrected chi connectivity index (χ0v) is 49.0. The lowest BCUT2D eigenvalue weighted by molar-refractivity contribution is -0.156. The average molecular weight is 1250 g/mol. The van der Waals surface area contributed by atoms with Crippen molar-refractivity contribution in [2.24, 2.45) is 10.8 Å². The van der Waals surface area contributed by atoms with E-state index in [4.69, 9.17) is 37.0 Å². The smallest absolute Gasteiger partial charge is 0.307 e. The summed E-state index contributed by atoms with van der Waals surface area (Å²) in [6, 6.07) is 23.2. The fourth-order valence-corrected chi connectivity index (χ4v) is 9.27. The Kier molecular flexibility index (Phi) is 21.8. The van der Waals surface area contributed by atoms with Crippen molar-refractivity contribution in [2.45, 2.75) is 164 Å². The van der Waals surface area contributed by atoms with Gasteiger partial charge in [0.1, 0.15) is 40.1 Å². The lowest BCUT2D eigenvalue weighted by Gasteiger charge is -2.22. The molecular formula is C56H72I2N4O12. The van der Waals surface area contributed by atoms with Crippen LogP contribution in [0.15, 0.2) is 90.9 Å². The topological polar surface area (TPSA) is 212 Å². The molecule has 1 unspecified atom stereocenters. The number of Topliss-reactive ketones (excluding diaryl/α,β-unsaturated/α-hetero) is 1. The van der Waals surface area contributed by atoms with E-state index < -0.39 is 28.1 Å². The van der Waals surface area contributed by atoms with Gasteiger partial charge < -0.3 is 42.1 Å². The summed E-state index contributed by atoms with van der Waals surface area (Å²) in [6.45, 7) is 24.5. The van der Waals surface area contributed by atoms with Gasteiger partial charge in [-0.15, -0.1) is 0 Å². The van der Waals surface area contributed by atoms with E-state index in [1.54, 1.807) is 12.1 Å². The summed E-state index contributed by atoms with van der Waals surface area (Å²) in [7, 11) is 0. The molecule has 74 heavy (non-hydrogen) atoms. The molecule has 0 saturated carbocycles. The number of aliphatic hydroxyl groups excluding tert-OH is 1. The normalized spacial score (nSPS) is 13.4. The Hall–Kier alpha value is -4.77. The molecule has 0 aliphatic rings. The van der Waals surface area contributed by atoms with Gasteiger partial charge >= 0.3 is 11.9 Å². The Morgan fingerprint density at radius 1 is 0.581 bits per heavy atom. The van der Waals surface area contributed by atoms with Gasteiger partial charge in [-0.05, 0) is 129 Å². The lowest BCUT2D eigenvalue weighted by Crippen LogP contribution is -2.25. The van der Waals surface area contributed by atoms with Crippen LogP contribution >= 0.6 is 45.2 Å².